The Bertz CT molecular complexity index is 1410. The van der Waals surface area contributed by atoms with Gasteiger partial charge in [-0.25, -0.2) is 26.7 Å². The highest BCUT2D eigenvalue weighted by Gasteiger charge is 2.27. The molecule has 8 heteroatoms. The van der Waals surface area contributed by atoms with Crippen LogP contribution in [0.4, 0.5) is 10.2 Å². The summed E-state index contributed by atoms with van der Waals surface area (Å²) in [6.07, 6.45) is 2.06. The maximum Gasteiger partial charge on any atom is 0.269 e. The number of hydrogen-bond acceptors (Lipinski definition) is 5. The molecule has 0 saturated heterocycles. The van der Waals surface area contributed by atoms with E-state index in [9.17, 15) is 12.8 Å². The predicted molar refractivity (Wildman–Crippen MR) is 118 cm³/mol. The van der Waals surface area contributed by atoms with Gasteiger partial charge in [-0.1, -0.05) is 29.8 Å². The molecule has 5 rings (SSSR count). The minimum absolute atomic E-state index is 0.182. The van der Waals surface area contributed by atoms with Gasteiger partial charge in [0.1, 0.15) is 11.6 Å². The molecule has 31 heavy (non-hydrogen) atoms. The van der Waals surface area contributed by atoms with E-state index in [1.54, 1.807) is 49.4 Å². The quantitative estimate of drug-likeness (QED) is 0.492. The van der Waals surface area contributed by atoms with Crippen molar-refractivity contribution in [1.82, 2.24) is 13.9 Å². The summed E-state index contributed by atoms with van der Waals surface area (Å²) in [5.74, 6) is 0.429. The van der Waals surface area contributed by atoms with E-state index in [1.807, 2.05) is 6.92 Å². The van der Waals surface area contributed by atoms with Crippen LogP contribution in [0.25, 0.3) is 22.4 Å². The van der Waals surface area contributed by atoms with E-state index < -0.39 is 15.8 Å². The van der Waals surface area contributed by atoms with Crippen molar-refractivity contribution in [3.8, 4) is 11.4 Å². The molecule has 0 amide bonds. The summed E-state index contributed by atoms with van der Waals surface area (Å²) >= 11 is 0. The third kappa shape index (κ3) is 3.57. The number of rotatable bonds is 5. The predicted octanol–water partition coefficient (Wildman–Crippen LogP) is 4.67. The fourth-order valence-electron chi connectivity index (χ4n) is 3.59. The van der Waals surface area contributed by atoms with Crippen molar-refractivity contribution >= 4 is 26.9 Å². The van der Waals surface area contributed by atoms with Crippen molar-refractivity contribution in [2.24, 2.45) is 0 Å². The summed E-state index contributed by atoms with van der Waals surface area (Å²) in [6.45, 7) is 3.64. The fraction of sp³-hybridized carbons (Fsp3) is 0.217. The van der Waals surface area contributed by atoms with E-state index in [1.165, 1.54) is 16.1 Å². The number of nitrogens with one attached hydrogen (secondary N) is 1. The Morgan fingerprint density at radius 1 is 1.03 bits per heavy atom. The number of hydrogen-bond donors (Lipinski definition) is 1. The van der Waals surface area contributed by atoms with Crippen LogP contribution in [0.15, 0.2) is 59.5 Å². The monoisotopic (exact) mass is 436 g/mol. The van der Waals surface area contributed by atoms with Crippen molar-refractivity contribution in [3.63, 3.8) is 0 Å². The van der Waals surface area contributed by atoms with Crippen LogP contribution >= 0.6 is 0 Å². The molecule has 1 fully saturated rings. The Morgan fingerprint density at radius 2 is 1.77 bits per heavy atom. The van der Waals surface area contributed by atoms with Crippen LogP contribution in [0.5, 0.6) is 0 Å². The average Bonchev–Trinajstić information content (AvgIpc) is 3.47. The molecule has 0 atom stereocenters. The van der Waals surface area contributed by atoms with E-state index in [0.29, 0.717) is 28.5 Å². The van der Waals surface area contributed by atoms with Crippen LogP contribution in [-0.4, -0.2) is 28.4 Å². The Labute approximate surface area is 179 Å². The fourth-order valence-corrected chi connectivity index (χ4v) is 5.08. The molecule has 1 N–H and O–H groups in total. The Balaban J connectivity index is 1.76. The first-order valence-electron chi connectivity index (χ1n) is 10.1. The highest BCUT2D eigenvalue weighted by atomic mass is 32.2. The van der Waals surface area contributed by atoms with Gasteiger partial charge in [0.15, 0.2) is 11.5 Å². The third-order valence-corrected chi connectivity index (χ3v) is 7.16. The first kappa shape index (κ1) is 19.7. The molecular formula is C23H21FN4O2S. The minimum atomic E-state index is -3.88. The van der Waals surface area contributed by atoms with E-state index in [4.69, 9.17) is 0 Å². The summed E-state index contributed by atoms with van der Waals surface area (Å²) < 4.78 is 42.1. The summed E-state index contributed by atoms with van der Waals surface area (Å²) in [7, 11) is -3.88. The number of aryl methyl sites for hydroxylation is 2. The zero-order valence-electron chi connectivity index (χ0n) is 17.1. The van der Waals surface area contributed by atoms with Gasteiger partial charge in [-0.15, -0.1) is 0 Å². The Kier molecular flexibility index (Phi) is 4.55. The van der Waals surface area contributed by atoms with Gasteiger partial charge in [0, 0.05) is 17.3 Å². The number of benzene rings is 2. The SMILES string of the molecule is Cc1ccc(S(=O)(=O)n2c(C)cc3c(NC4CC4)nc(-c4cccc(F)c4)nc32)cc1. The highest BCUT2D eigenvalue weighted by molar-refractivity contribution is 7.90. The number of halogens is 1. The van der Waals surface area contributed by atoms with Gasteiger partial charge >= 0.3 is 0 Å². The molecule has 2 heterocycles. The van der Waals surface area contributed by atoms with E-state index in [0.717, 1.165) is 18.4 Å². The molecule has 4 aromatic rings. The lowest BCUT2D eigenvalue weighted by atomic mass is 10.2. The molecule has 0 radical (unpaired) electrons. The molecule has 6 nitrogen and oxygen atoms in total. The number of anilines is 1. The second-order valence-electron chi connectivity index (χ2n) is 7.93. The van der Waals surface area contributed by atoms with Crippen LogP contribution in [-0.2, 0) is 10.0 Å². The lowest BCUT2D eigenvalue weighted by Gasteiger charge is -2.12. The van der Waals surface area contributed by atoms with Gasteiger partial charge in [-0.2, -0.15) is 0 Å². The molecule has 1 saturated carbocycles. The molecule has 1 aliphatic carbocycles. The Hall–Kier alpha value is -3.26. The van der Waals surface area contributed by atoms with Gasteiger partial charge in [-0.3, -0.25) is 0 Å². The van der Waals surface area contributed by atoms with Crippen LogP contribution in [0.2, 0.25) is 0 Å². The first-order valence-corrected chi connectivity index (χ1v) is 11.5. The topological polar surface area (TPSA) is 76.9 Å². The van der Waals surface area contributed by atoms with Crippen molar-refractivity contribution in [3.05, 3.63) is 71.7 Å². The number of aromatic nitrogens is 3. The van der Waals surface area contributed by atoms with Crippen LogP contribution in [0.1, 0.15) is 24.1 Å². The Morgan fingerprint density at radius 3 is 2.45 bits per heavy atom. The zero-order chi connectivity index (χ0) is 21.8. The molecule has 2 aromatic heterocycles. The second kappa shape index (κ2) is 7.16. The standard InChI is InChI=1S/C23H21FN4O2S/c1-14-6-10-19(11-7-14)31(29,30)28-15(2)12-20-22(25-18-8-9-18)26-21(27-23(20)28)16-4-3-5-17(24)13-16/h3-7,10-13,18H,8-9H2,1-2H3,(H,25,26,27). The van der Waals surface area contributed by atoms with Crippen LogP contribution < -0.4 is 5.32 Å². The van der Waals surface area contributed by atoms with E-state index in [-0.39, 0.29) is 16.4 Å². The van der Waals surface area contributed by atoms with Crippen molar-refractivity contribution < 1.29 is 12.8 Å². The smallest absolute Gasteiger partial charge is 0.269 e. The summed E-state index contributed by atoms with van der Waals surface area (Å²) in [4.78, 5) is 9.37. The van der Waals surface area contributed by atoms with Gasteiger partial charge in [0.05, 0.1) is 10.3 Å². The number of fused-ring (bicyclic) bond motifs is 1. The number of nitrogens with zero attached hydrogens (tertiary/aromatic N) is 3. The maximum atomic E-state index is 13.8. The van der Waals surface area contributed by atoms with Crippen LogP contribution in [0, 0.1) is 19.7 Å². The minimum Gasteiger partial charge on any atom is -0.367 e. The van der Waals surface area contributed by atoms with Crippen LogP contribution in [0.3, 0.4) is 0 Å². The molecule has 0 aliphatic heterocycles. The third-order valence-electron chi connectivity index (χ3n) is 5.35. The average molecular weight is 437 g/mol. The summed E-state index contributed by atoms with van der Waals surface area (Å²) in [5, 5.41) is 4.00. The first-order chi connectivity index (χ1) is 14.8. The largest absolute Gasteiger partial charge is 0.367 e. The van der Waals surface area contributed by atoms with Gasteiger partial charge < -0.3 is 5.32 Å². The molecule has 158 valence electrons. The van der Waals surface area contributed by atoms with Gasteiger partial charge in [0.2, 0.25) is 0 Å². The van der Waals surface area contributed by atoms with Crippen molar-refractivity contribution in [1.29, 1.82) is 0 Å². The lowest BCUT2D eigenvalue weighted by molar-refractivity contribution is 0.587. The second-order valence-corrected chi connectivity index (χ2v) is 9.72. The summed E-state index contributed by atoms with van der Waals surface area (Å²) in [6, 6.07) is 14.8. The van der Waals surface area contributed by atoms with E-state index >= 15 is 0 Å². The maximum absolute atomic E-state index is 13.8. The highest BCUT2D eigenvalue weighted by Crippen LogP contribution is 2.33. The summed E-state index contributed by atoms with van der Waals surface area (Å²) in [5.41, 5.74) is 2.26. The molecule has 2 aromatic carbocycles. The normalized spacial score (nSPS) is 14.2. The molecule has 0 unspecified atom stereocenters. The molecule has 0 bridgehead atoms. The van der Waals surface area contributed by atoms with Crippen molar-refractivity contribution in [2.45, 2.75) is 37.6 Å². The van der Waals surface area contributed by atoms with E-state index in [2.05, 4.69) is 15.3 Å². The van der Waals surface area contributed by atoms with Crippen molar-refractivity contribution in [2.75, 3.05) is 5.32 Å². The van der Waals surface area contributed by atoms with Gasteiger partial charge in [0.25, 0.3) is 10.0 Å². The molecular weight excluding hydrogens is 415 g/mol. The lowest BCUT2D eigenvalue weighted by Crippen LogP contribution is -2.15. The zero-order valence-corrected chi connectivity index (χ0v) is 17.9. The van der Waals surface area contributed by atoms with Gasteiger partial charge in [-0.05, 0) is 57.0 Å². The molecule has 1 aliphatic rings. The molecule has 0 spiro atoms.